The van der Waals surface area contributed by atoms with Gasteiger partial charge in [-0.15, -0.1) is 0 Å². The molecule has 1 aromatic carbocycles. The first kappa shape index (κ1) is 21.7. The summed E-state index contributed by atoms with van der Waals surface area (Å²) in [6.45, 7) is 4.29. The summed E-state index contributed by atoms with van der Waals surface area (Å²) < 4.78 is 32.6. The first-order valence-corrected chi connectivity index (χ1v) is 11.6. The molecule has 0 spiro atoms. The maximum Gasteiger partial charge on any atom is 0.217 e. The number of nitrogens with zero attached hydrogens (tertiary/aromatic N) is 4. The van der Waals surface area contributed by atoms with E-state index in [4.69, 9.17) is 4.52 Å². The Bertz CT molecular complexity index is 1340. The summed E-state index contributed by atoms with van der Waals surface area (Å²) in [6.07, 6.45) is 1.72. The molecule has 166 valence electrons. The van der Waals surface area contributed by atoms with Gasteiger partial charge in [0.15, 0.2) is 5.58 Å². The van der Waals surface area contributed by atoms with Gasteiger partial charge in [-0.25, -0.2) is 28.1 Å². The van der Waals surface area contributed by atoms with E-state index in [-0.39, 0.29) is 12.3 Å². The Balaban J connectivity index is 1.32. The zero-order chi connectivity index (χ0) is 22.6. The molecule has 11 heteroatoms. The van der Waals surface area contributed by atoms with E-state index in [0.29, 0.717) is 46.5 Å². The SMILES string of the molecule is Cc1ccnc(Nc2cc(NCCNS(=O)(=O)Cc3noc4ccccc34)nc(C)n2)c1. The van der Waals surface area contributed by atoms with E-state index >= 15 is 0 Å². The Morgan fingerprint density at radius 3 is 2.62 bits per heavy atom. The lowest BCUT2D eigenvalue weighted by Crippen LogP contribution is -2.30. The Morgan fingerprint density at radius 1 is 0.969 bits per heavy atom. The number of aryl methyl sites for hydroxylation is 2. The lowest BCUT2D eigenvalue weighted by Gasteiger charge is -2.11. The molecule has 3 N–H and O–H groups in total. The lowest BCUT2D eigenvalue weighted by molar-refractivity contribution is 0.448. The quantitative estimate of drug-likeness (QED) is 0.327. The normalized spacial score (nSPS) is 11.6. The number of sulfonamides is 1. The third kappa shape index (κ3) is 5.56. The van der Waals surface area contributed by atoms with Gasteiger partial charge in [-0.1, -0.05) is 17.3 Å². The molecule has 0 aliphatic heterocycles. The molecular formula is C21H23N7O3S. The van der Waals surface area contributed by atoms with Crippen LogP contribution in [0.5, 0.6) is 0 Å². The molecule has 0 saturated heterocycles. The largest absolute Gasteiger partial charge is 0.369 e. The second-order valence-electron chi connectivity index (χ2n) is 7.23. The van der Waals surface area contributed by atoms with Crippen LogP contribution in [0.3, 0.4) is 0 Å². The van der Waals surface area contributed by atoms with Gasteiger partial charge < -0.3 is 15.2 Å². The maximum absolute atomic E-state index is 12.4. The van der Waals surface area contributed by atoms with Crippen LogP contribution in [0.15, 0.2) is 53.2 Å². The Kier molecular flexibility index (Phi) is 6.28. The van der Waals surface area contributed by atoms with E-state index in [1.54, 1.807) is 31.3 Å². The number of nitrogens with one attached hydrogen (secondary N) is 3. The van der Waals surface area contributed by atoms with Crippen molar-refractivity contribution in [1.82, 2.24) is 24.8 Å². The second kappa shape index (κ2) is 9.28. The van der Waals surface area contributed by atoms with Gasteiger partial charge in [0.25, 0.3) is 0 Å². The molecule has 0 saturated carbocycles. The monoisotopic (exact) mass is 453 g/mol. The van der Waals surface area contributed by atoms with Gasteiger partial charge in [0, 0.05) is 30.7 Å². The molecule has 0 aliphatic carbocycles. The molecule has 4 rings (SSSR count). The van der Waals surface area contributed by atoms with Crippen molar-refractivity contribution < 1.29 is 12.9 Å². The van der Waals surface area contributed by atoms with E-state index < -0.39 is 10.0 Å². The highest BCUT2D eigenvalue weighted by Gasteiger charge is 2.17. The fraction of sp³-hybridized carbons (Fsp3) is 0.238. The van der Waals surface area contributed by atoms with E-state index in [0.717, 1.165) is 5.56 Å². The predicted octanol–water partition coefficient (Wildman–Crippen LogP) is 2.90. The van der Waals surface area contributed by atoms with Crippen molar-refractivity contribution in [3.63, 3.8) is 0 Å². The Hall–Kier alpha value is -3.57. The summed E-state index contributed by atoms with van der Waals surface area (Å²) >= 11 is 0. The van der Waals surface area contributed by atoms with Crippen molar-refractivity contribution >= 4 is 38.4 Å². The van der Waals surface area contributed by atoms with Crippen LogP contribution in [0.1, 0.15) is 17.1 Å². The number of hydrogen-bond donors (Lipinski definition) is 3. The molecule has 4 aromatic rings. The fourth-order valence-electron chi connectivity index (χ4n) is 3.13. The molecule has 0 radical (unpaired) electrons. The van der Waals surface area contributed by atoms with Crippen LogP contribution in [0.2, 0.25) is 0 Å². The molecule has 0 atom stereocenters. The smallest absolute Gasteiger partial charge is 0.217 e. The Labute approximate surface area is 185 Å². The minimum absolute atomic E-state index is 0.184. The Morgan fingerprint density at radius 2 is 1.78 bits per heavy atom. The summed E-state index contributed by atoms with van der Waals surface area (Å²) in [5.41, 5.74) is 2.02. The van der Waals surface area contributed by atoms with Crippen molar-refractivity contribution in [3.8, 4) is 0 Å². The van der Waals surface area contributed by atoms with E-state index in [9.17, 15) is 8.42 Å². The number of rotatable bonds is 9. The lowest BCUT2D eigenvalue weighted by atomic mass is 10.2. The van der Waals surface area contributed by atoms with Crippen molar-refractivity contribution in [2.45, 2.75) is 19.6 Å². The summed E-state index contributed by atoms with van der Waals surface area (Å²) in [6, 6.07) is 12.7. The molecule has 0 fully saturated rings. The van der Waals surface area contributed by atoms with Gasteiger partial charge in [0.2, 0.25) is 10.0 Å². The minimum Gasteiger partial charge on any atom is -0.369 e. The van der Waals surface area contributed by atoms with Crippen LogP contribution in [-0.4, -0.2) is 41.6 Å². The summed E-state index contributed by atoms with van der Waals surface area (Å²) in [4.78, 5) is 13.0. The van der Waals surface area contributed by atoms with E-state index in [2.05, 4.69) is 35.5 Å². The predicted molar refractivity (Wildman–Crippen MR) is 122 cm³/mol. The fourth-order valence-corrected chi connectivity index (χ4v) is 4.21. The minimum atomic E-state index is -3.58. The van der Waals surface area contributed by atoms with Gasteiger partial charge in [-0.2, -0.15) is 0 Å². The first-order chi connectivity index (χ1) is 15.4. The third-order valence-corrected chi connectivity index (χ3v) is 5.84. The third-order valence-electron chi connectivity index (χ3n) is 4.54. The van der Waals surface area contributed by atoms with Gasteiger partial charge in [0.05, 0.1) is 0 Å². The van der Waals surface area contributed by atoms with Crippen molar-refractivity contribution in [2.75, 3.05) is 23.7 Å². The van der Waals surface area contributed by atoms with Crippen molar-refractivity contribution in [2.24, 2.45) is 0 Å². The number of benzene rings is 1. The zero-order valence-electron chi connectivity index (χ0n) is 17.7. The molecule has 0 unspecified atom stereocenters. The van der Waals surface area contributed by atoms with Crippen LogP contribution in [0, 0.1) is 13.8 Å². The van der Waals surface area contributed by atoms with Gasteiger partial charge in [0.1, 0.15) is 34.7 Å². The number of aromatic nitrogens is 4. The van der Waals surface area contributed by atoms with Crippen LogP contribution in [-0.2, 0) is 15.8 Å². The molecule has 3 heterocycles. The molecule has 0 bridgehead atoms. The van der Waals surface area contributed by atoms with Crippen molar-refractivity contribution in [3.05, 3.63) is 65.7 Å². The number of anilines is 3. The van der Waals surface area contributed by atoms with Gasteiger partial charge >= 0.3 is 0 Å². The molecule has 0 aliphatic rings. The average molecular weight is 454 g/mol. The van der Waals surface area contributed by atoms with E-state index in [1.165, 1.54) is 0 Å². The first-order valence-electron chi connectivity index (χ1n) is 9.98. The molecule has 3 aromatic heterocycles. The van der Waals surface area contributed by atoms with E-state index in [1.807, 2.05) is 31.2 Å². The second-order valence-corrected chi connectivity index (χ2v) is 9.04. The van der Waals surface area contributed by atoms with Crippen LogP contribution in [0.25, 0.3) is 11.0 Å². The highest BCUT2D eigenvalue weighted by atomic mass is 32.2. The van der Waals surface area contributed by atoms with Gasteiger partial charge in [-0.3, -0.25) is 0 Å². The average Bonchev–Trinajstić information content (AvgIpc) is 3.13. The molecular weight excluding hydrogens is 430 g/mol. The van der Waals surface area contributed by atoms with Crippen LogP contribution < -0.4 is 15.4 Å². The topological polar surface area (TPSA) is 135 Å². The summed E-state index contributed by atoms with van der Waals surface area (Å²) in [5, 5.41) is 10.8. The number of pyridine rings is 1. The van der Waals surface area contributed by atoms with Crippen LogP contribution >= 0.6 is 0 Å². The van der Waals surface area contributed by atoms with Crippen LogP contribution in [0.4, 0.5) is 17.5 Å². The van der Waals surface area contributed by atoms with Gasteiger partial charge in [-0.05, 0) is 43.7 Å². The highest BCUT2D eigenvalue weighted by Crippen LogP contribution is 2.19. The summed E-state index contributed by atoms with van der Waals surface area (Å²) in [7, 11) is -3.58. The molecule has 0 amide bonds. The maximum atomic E-state index is 12.4. The number of fused-ring (bicyclic) bond motifs is 1. The molecule has 10 nitrogen and oxygen atoms in total. The summed E-state index contributed by atoms with van der Waals surface area (Å²) in [5.74, 6) is 2.17. The highest BCUT2D eigenvalue weighted by molar-refractivity contribution is 7.88. The van der Waals surface area contributed by atoms with Crippen molar-refractivity contribution in [1.29, 1.82) is 0 Å². The zero-order valence-corrected chi connectivity index (χ0v) is 18.5. The standard InChI is InChI=1S/C21H23N7O3S/c1-14-7-8-22-19(11-14)27-21-12-20(25-15(2)26-21)23-9-10-24-32(29,30)13-17-16-5-3-4-6-18(16)31-28-17/h3-8,11-12,24H,9-10,13H2,1-2H3,(H2,22,23,25,26,27). The number of para-hydroxylation sites is 1. The number of hydrogen-bond acceptors (Lipinski definition) is 9. The molecule has 32 heavy (non-hydrogen) atoms.